The highest BCUT2D eigenvalue weighted by molar-refractivity contribution is 5.96. The number of nitrogens with one attached hydrogen (secondary N) is 2. The molecular weight excluding hydrogens is 256 g/mol. The van der Waals surface area contributed by atoms with Crippen molar-refractivity contribution >= 4 is 16.7 Å². The maximum absolute atomic E-state index is 11.9. The van der Waals surface area contributed by atoms with E-state index < -0.39 is 0 Å². The topological polar surface area (TPSA) is 82.2 Å². The van der Waals surface area contributed by atoms with E-state index in [2.05, 4.69) is 10.3 Å². The van der Waals surface area contributed by atoms with E-state index in [0.29, 0.717) is 24.8 Å². The Bertz CT molecular complexity index is 661. The predicted octanol–water partition coefficient (Wildman–Crippen LogP) is 1.42. The molecule has 1 aromatic carbocycles. The number of benzene rings is 1. The Labute approximate surface area is 116 Å². The highest BCUT2D eigenvalue weighted by Gasteiger charge is 2.08. The SMILES string of the molecule is CC(O)CCCNC(=O)c1cc2ccccc2c(=O)[nH]1. The van der Waals surface area contributed by atoms with Crippen LogP contribution in [0.2, 0.25) is 0 Å². The summed E-state index contributed by atoms with van der Waals surface area (Å²) in [7, 11) is 0. The number of carbonyl (C=O) groups excluding carboxylic acids is 1. The number of hydrogen-bond donors (Lipinski definition) is 3. The molecule has 2 rings (SSSR count). The van der Waals surface area contributed by atoms with Crippen molar-refractivity contribution in [2.24, 2.45) is 0 Å². The van der Waals surface area contributed by atoms with E-state index in [1.54, 1.807) is 31.2 Å². The molecule has 5 nitrogen and oxygen atoms in total. The molecule has 20 heavy (non-hydrogen) atoms. The first kappa shape index (κ1) is 14.3. The largest absolute Gasteiger partial charge is 0.393 e. The van der Waals surface area contributed by atoms with Crippen LogP contribution in [-0.4, -0.2) is 28.6 Å². The molecule has 0 fully saturated rings. The molecule has 1 amide bonds. The Morgan fingerprint density at radius 1 is 1.40 bits per heavy atom. The van der Waals surface area contributed by atoms with E-state index in [9.17, 15) is 9.59 Å². The molecule has 106 valence electrons. The van der Waals surface area contributed by atoms with Crippen LogP contribution in [0.5, 0.6) is 0 Å². The summed E-state index contributed by atoms with van der Waals surface area (Å²) in [6, 6.07) is 8.80. The van der Waals surface area contributed by atoms with Gasteiger partial charge >= 0.3 is 0 Å². The molecule has 0 aliphatic rings. The maximum atomic E-state index is 11.9. The summed E-state index contributed by atoms with van der Waals surface area (Å²) in [6.07, 6.45) is 0.961. The molecule has 1 heterocycles. The fourth-order valence-corrected chi connectivity index (χ4v) is 2.03. The molecule has 0 spiro atoms. The van der Waals surface area contributed by atoms with Crippen LogP contribution in [0.15, 0.2) is 35.1 Å². The number of pyridine rings is 1. The number of aromatic nitrogens is 1. The van der Waals surface area contributed by atoms with E-state index in [1.165, 1.54) is 0 Å². The van der Waals surface area contributed by atoms with Gasteiger partial charge in [-0.05, 0) is 37.3 Å². The van der Waals surface area contributed by atoms with Crippen molar-refractivity contribution in [3.63, 3.8) is 0 Å². The molecule has 1 atom stereocenters. The standard InChI is InChI=1S/C15H18N2O3/c1-10(18)5-4-8-16-15(20)13-9-11-6-2-3-7-12(11)14(19)17-13/h2-3,6-7,9-10,18H,4-5,8H2,1H3,(H,16,20)(H,17,19). The van der Waals surface area contributed by atoms with Gasteiger partial charge in [-0.15, -0.1) is 0 Å². The van der Waals surface area contributed by atoms with Gasteiger partial charge in [0, 0.05) is 11.9 Å². The van der Waals surface area contributed by atoms with E-state index in [1.807, 2.05) is 6.07 Å². The third-order valence-electron chi connectivity index (χ3n) is 3.08. The van der Waals surface area contributed by atoms with Crippen LogP contribution in [0.25, 0.3) is 10.8 Å². The summed E-state index contributed by atoms with van der Waals surface area (Å²) >= 11 is 0. The number of fused-ring (bicyclic) bond motifs is 1. The Balaban J connectivity index is 2.09. The molecule has 3 N–H and O–H groups in total. The lowest BCUT2D eigenvalue weighted by molar-refractivity contribution is 0.0944. The Morgan fingerprint density at radius 3 is 2.90 bits per heavy atom. The lowest BCUT2D eigenvalue weighted by atomic mass is 10.1. The smallest absolute Gasteiger partial charge is 0.267 e. The number of carbonyl (C=O) groups is 1. The third-order valence-corrected chi connectivity index (χ3v) is 3.08. The number of aliphatic hydroxyl groups excluding tert-OH is 1. The zero-order chi connectivity index (χ0) is 14.5. The Kier molecular flexibility index (Phi) is 4.53. The highest BCUT2D eigenvalue weighted by Crippen LogP contribution is 2.09. The van der Waals surface area contributed by atoms with Crippen molar-refractivity contribution in [1.29, 1.82) is 0 Å². The van der Waals surface area contributed by atoms with E-state index in [-0.39, 0.29) is 23.3 Å². The molecule has 0 bridgehead atoms. The number of aromatic amines is 1. The quantitative estimate of drug-likeness (QED) is 0.721. The zero-order valence-corrected chi connectivity index (χ0v) is 11.3. The minimum atomic E-state index is -0.368. The van der Waals surface area contributed by atoms with Gasteiger partial charge < -0.3 is 15.4 Å². The zero-order valence-electron chi connectivity index (χ0n) is 11.3. The monoisotopic (exact) mass is 274 g/mol. The van der Waals surface area contributed by atoms with Crippen molar-refractivity contribution in [3.8, 4) is 0 Å². The summed E-state index contributed by atoms with van der Waals surface area (Å²) < 4.78 is 0. The van der Waals surface area contributed by atoms with Gasteiger partial charge in [-0.2, -0.15) is 0 Å². The summed E-state index contributed by atoms with van der Waals surface area (Å²) in [6.45, 7) is 2.18. The van der Waals surface area contributed by atoms with Crippen LogP contribution in [0, 0.1) is 0 Å². The van der Waals surface area contributed by atoms with E-state index in [4.69, 9.17) is 5.11 Å². The molecule has 1 unspecified atom stereocenters. The van der Waals surface area contributed by atoms with Crippen molar-refractivity contribution in [2.45, 2.75) is 25.9 Å². The first-order valence-electron chi connectivity index (χ1n) is 6.66. The Morgan fingerprint density at radius 2 is 2.15 bits per heavy atom. The van der Waals surface area contributed by atoms with Gasteiger partial charge in [0.1, 0.15) is 5.69 Å². The second kappa shape index (κ2) is 6.34. The second-order valence-corrected chi connectivity index (χ2v) is 4.85. The van der Waals surface area contributed by atoms with Gasteiger partial charge in [-0.3, -0.25) is 9.59 Å². The fraction of sp³-hybridized carbons (Fsp3) is 0.333. The van der Waals surface area contributed by atoms with Crippen LogP contribution in [0.3, 0.4) is 0 Å². The summed E-state index contributed by atoms with van der Waals surface area (Å²) in [4.78, 5) is 26.4. The minimum absolute atomic E-state index is 0.255. The van der Waals surface area contributed by atoms with Gasteiger partial charge in [-0.25, -0.2) is 0 Å². The second-order valence-electron chi connectivity index (χ2n) is 4.85. The van der Waals surface area contributed by atoms with Gasteiger partial charge in [0.2, 0.25) is 0 Å². The number of amides is 1. The number of aliphatic hydroxyl groups is 1. The summed E-state index contributed by atoms with van der Waals surface area (Å²) in [5.41, 5.74) is -0.0111. The maximum Gasteiger partial charge on any atom is 0.267 e. The average Bonchev–Trinajstić information content (AvgIpc) is 2.43. The van der Waals surface area contributed by atoms with E-state index in [0.717, 1.165) is 5.39 Å². The van der Waals surface area contributed by atoms with E-state index >= 15 is 0 Å². The Hall–Kier alpha value is -2.14. The van der Waals surface area contributed by atoms with Gasteiger partial charge in [0.25, 0.3) is 11.5 Å². The van der Waals surface area contributed by atoms with Crippen LogP contribution in [0.4, 0.5) is 0 Å². The molecule has 5 heteroatoms. The molecular formula is C15H18N2O3. The third kappa shape index (κ3) is 3.45. The number of rotatable bonds is 5. The van der Waals surface area contributed by atoms with Crippen molar-refractivity contribution in [1.82, 2.24) is 10.3 Å². The van der Waals surface area contributed by atoms with Crippen molar-refractivity contribution in [2.75, 3.05) is 6.54 Å². The first-order chi connectivity index (χ1) is 9.58. The lowest BCUT2D eigenvalue weighted by Gasteiger charge is -2.07. The summed E-state index contributed by atoms with van der Waals surface area (Å²) in [5, 5.41) is 13.2. The lowest BCUT2D eigenvalue weighted by Crippen LogP contribution is -2.27. The highest BCUT2D eigenvalue weighted by atomic mass is 16.3. The average molecular weight is 274 g/mol. The summed E-state index contributed by atoms with van der Waals surface area (Å²) in [5.74, 6) is -0.307. The molecule has 0 saturated carbocycles. The van der Waals surface area contributed by atoms with Crippen molar-refractivity contribution < 1.29 is 9.90 Å². The fourth-order valence-electron chi connectivity index (χ4n) is 2.03. The molecule has 0 aliphatic carbocycles. The normalized spacial score (nSPS) is 12.3. The van der Waals surface area contributed by atoms with Crippen LogP contribution < -0.4 is 10.9 Å². The number of hydrogen-bond acceptors (Lipinski definition) is 3. The van der Waals surface area contributed by atoms with Crippen LogP contribution >= 0.6 is 0 Å². The van der Waals surface area contributed by atoms with Crippen LogP contribution in [0.1, 0.15) is 30.3 Å². The number of H-pyrrole nitrogens is 1. The molecule has 1 aromatic heterocycles. The molecule has 0 saturated heterocycles. The molecule has 0 aliphatic heterocycles. The van der Waals surface area contributed by atoms with Crippen molar-refractivity contribution in [3.05, 3.63) is 46.4 Å². The van der Waals surface area contributed by atoms with Gasteiger partial charge in [-0.1, -0.05) is 18.2 Å². The van der Waals surface area contributed by atoms with Gasteiger partial charge in [0.15, 0.2) is 0 Å². The van der Waals surface area contributed by atoms with Crippen LogP contribution in [-0.2, 0) is 0 Å². The minimum Gasteiger partial charge on any atom is -0.393 e. The predicted molar refractivity (Wildman–Crippen MR) is 77.8 cm³/mol. The molecule has 2 aromatic rings. The molecule has 0 radical (unpaired) electrons. The first-order valence-corrected chi connectivity index (χ1v) is 6.66. The van der Waals surface area contributed by atoms with Gasteiger partial charge in [0.05, 0.1) is 6.10 Å².